The van der Waals surface area contributed by atoms with Crippen LogP contribution in [-0.2, 0) is 4.79 Å². The molecule has 0 spiro atoms. The number of hydrogen-bond donors (Lipinski definition) is 0. The van der Waals surface area contributed by atoms with Crippen LogP contribution in [0.1, 0.15) is 23.6 Å². The van der Waals surface area contributed by atoms with Gasteiger partial charge in [-0.3, -0.25) is 4.79 Å². The normalized spacial score (nSPS) is 15.5. The Hall–Kier alpha value is -3.39. The van der Waals surface area contributed by atoms with Crippen molar-refractivity contribution in [2.45, 2.75) is 17.6 Å². The van der Waals surface area contributed by atoms with Crippen molar-refractivity contribution in [1.82, 2.24) is 15.0 Å². The highest BCUT2D eigenvalue weighted by Gasteiger charge is 2.33. The fourth-order valence-corrected chi connectivity index (χ4v) is 3.99. The molecular weight excluding hydrogens is 412 g/mol. The molecule has 0 saturated heterocycles. The fourth-order valence-electron chi connectivity index (χ4n) is 3.34. The summed E-state index contributed by atoms with van der Waals surface area (Å²) < 4.78 is 10.5. The Labute approximate surface area is 185 Å². The van der Waals surface area contributed by atoms with Gasteiger partial charge in [-0.15, -0.1) is 0 Å². The Morgan fingerprint density at radius 2 is 1.61 bits per heavy atom. The van der Waals surface area contributed by atoms with Crippen LogP contribution in [0.5, 0.6) is 11.5 Å². The quantitative estimate of drug-likeness (QED) is 0.414. The smallest absolute Gasteiger partial charge is 0.253 e. The third-order valence-corrected chi connectivity index (χ3v) is 5.82. The molecule has 0 N–H and O–H groups in total. The predicted molar refractivity (Wildman–Crippen MR) is 119 cm³/mol. The molecule has 0 aliphatic carbocycles. The minimum absolute atomic E-state index is 0.0956. The van der Waals surface area contributed by atoms with E-state index in [1.807, 2.05) is 48.5 Å². The molecule has 0 radical (unpaired) electrons. The van der Waals surface area contributed by atoms with Gasteiger partial charge >= 0.3 is 0 Å². The van der Waals surface area contributed by atoms with E-state index < -0.39 is 0 Å². The Bertz CT molecular complexity index is 1060. The van der Waals surface area contributed by atoms with E-state index in [2.05, 4.69) is 9.97 Å². The van der Waals surface area contributed by atoms with E-state index in [1.165, 1.54) is 11.8 Å². The van der Waals surface area contributed by atoms with E-state index in [9.17, 15) is 4.79 Å². The number of nitrogens with zero attached hydrogens (tertiary/aromatic N) is 4. The lowest BCUT2D eigenvalue weighted by molar-refractivity contribution is -0.130. The van der Waals surface area contributed by atoms with E-state index in [4.69, 9.17) is 14.6 Å². The summed E-state index contributed by atoms with van der Waals surface area (Å²) in [5, 5.41) is 6.85. The number of methoxy groups -OCH3 is 2. The molecule has 1 aliphatic rings. The first kappa shape index (κ1) is 20.9. The predicted octanol–water partition coefficient (Wildman–Crippen LogP) is 3.96. The Morgan fingerprint density at radius 1 is 1.00 bits per heavy atom. The third-order valence-electron chi connectivity index (χ3n) is 4.96. The molecule has 8 heteroatoms. The van der Waals surface area contributed by atoms with Crippen molar-refractivity contribution < 1.29 is 14.3 Å². The van der Waals surface area contributed by atoms with Crippen molar-refractivity contribution in [3.63, 3.8) is 0 Å². The highest BCUT2D eigenvalue weighted by molar-refractivity contribution is 7.99. The Kier molecular flexibility index (Phi) is 6.47. The van der Waals surface area contributed by atoms with Crippen molar-refractivity contribution in [2.24, 2.45) is 5.10 Å². The molecule has 1 amide bonds. The summed E-state index contributed by atoms with van der Waals surface area (Å²) in [6.07, 6.45) is 3.95. The van der Waals surface area contributed by atoms with Crippen LogP contribution in [0, 0.1) is 0 Å². The molecule has 0 unspecified atom stereocenters. The minimum atomic E-state index is -0.187. The molecule has 0 bridgehead atoms. The molecule has 2 aromatic carbocycles. The van der Waals surface area contributed by atoms with E-state index in [1.54, 1.807) is 37.7 Å². The Morgan fingerprint density at radius 3 is 2.23 bits per heavy atom. The fraction of sp³-hybridized carbons (Fsp3) is 0.217. The SMILES string of the molecule is COc1ccc(C2=NN(C(=O)CSc3ncccn3)[C@H](c3ccc(OC)cc3)C2)cc1. The number of amides is 1. The average molecular weight is 435 g/mol. The second-order valence-electron chi connectivity index (χ2n) is 6.83. The number of hydrazone groups is 1. The zero-order chi connectivity index (χ0) is 21.6. The first-order valence-corrected chi connectivity index (χ1v) is 10.7. The van der Waals surface area contributed by atoms with Gasteiger partial charge in [-0.2, -0.15) is 5.10 Å². The molecule has 1 aliphatic heterocycles. The van der Waals surface area contributed by atoms with Gasteiger partial charge in [0, 0.05) is 18.8 Å². The largest absolute Gasteiger partial charge is 0.497 e. The second-order valence-corrected chi connectivity index (χ2v) is 7.77. The molecule has 0 fully saturated rings. The molecule has 0 saturated carbocycles. The van der Waals surface area contributed by atoms with E-state index >= 15 is 0 Å². The molecule has 158 valence electrons. The summed E-state index contributed by atoms with van der Waals surface area (Å²) in [7, 11) is 3.27. The number of aromatic nitrogens is 2. The van der Waals surface area contributed by atoms with Crippen molar-refractivity contribution in [3.8, 4) is 11.5 Å². The zero-order valence-electron chi connectivity index (χ0n) is 17.3. The summed E-state index contributed by atoms with van der Waals surface area (Å²) >= 11 is 1.30. The maximum absolute atomic E-state index is 13.1. The number of ether oxygens (including phenoxy) is 2. The number of carbonyl (C=O) groups excluding carboxylic acids is 1. The van der Waals surface area contributed by atoms with Crippen LogP contribution in [0.15, 0.2) is 77.2 Å². The highest BCUT2D eigenvalue weighted by Crippen LogP contribution is 2.34. The molecule has 4 rings (SSSR count). The maximum atomic E-state index is 13.1. The van der Waals surface area contributed by atoms with Crippen LogP contribution in [-0.4, -0.2) is 46.6 Å². The summed E-state index contributed by atoms with van der Waals surface area (Å²) in [4.78, 5) is 21.4. The number of carbonyl (C=O) groups is 1. The zero-order valence-corrected chi connectivity index (χ0v) is 18.1. The number of rotatable bonds is 7. The number of thioether (sulfide) groups is 1. The third kappa shape index (κ3) is 4.86. The van der Waals surface area contributed by atoms with Crippen molar-refractivity contribution in [1.29, 1.82) is 0 Å². The second kappa shape index (κ2) is 9.61. The van der Waals surface area contributed by atoms with Gasteiger partial charge in [0.2, 0.25) is 0 Å². The average Bonchev–Trinajstić information content (AvgIpc) is 3.29. The summed E-state index contributed by atoms with van der Waals surface area (Å²) in [5.41, 5.74) is 2.83. The van der Waals surface area contributed by atoms with Crippen LogP contribution >= 0.6 is 11.8 Å². The lowest BCUT2D eigenvalue weighted by Crippen LogP contribution is -2.28. The first-order chi connectivity index (χ1) is 15.2. The van der Waals surface area contributed by atoms with Gasteiger partial charge in [0.1, 0.15) is 11.5 Å². The maximum Gasteiger partial charge on any atom is 0.253 e. The monoisotopic (exact) mass is 434 g/mol. The molecule has 1 aromatic heterocycles. The van der Waals surface area contributed by atoms with Gasteiger partial charge in [0.15, 0.2) is 5.16 Å². The lowest BCUT2D eigenvalue weighted by atomic mass is 9.98. The van der Waals surface area contributed by atoms with Crippen LogP contribution in [0.25, 0.3) is 0 Å². The number of hydrogen-bond acceptors (Lipinski definition) is 7. The van der Waals surface area contributed by atoms with E-state index in [0.717, 1.165) is 28.3 Å². The Balaban J connectivity index is 1.58. The van der Waals surface area contributed by atoms with Crippen molar-refractivity contribution in [3.05, 3.63) is 78.1 Å². The minimum Gasteiger partial charge on any atom is -0.497 e. The molecule has 3 aromatic rings. The standard InChI is InChI=1S/C23H22N4O3S/c1-29-18-8-4-16(5-9-18)20-14-21(17-6-10-19(30-2)11-7-17)27(26-20)22(28)15-31-23-24-12-3-13-25-23/h3-13,21H,14-15H2,1-2H3/t21-/m0/s1. The van der Waals surface area contributed by atoms with Gasteiger partial charge in [0.05, 0.1) is 31.7 Å². The topological polar surface area (TPSA) is 76.9 Å². The van der Waals surface area contributed by atoms with Gasteiger partial charge in [-0.1, -0.05) is 23.9 Å². The van der Waals surface area contributed by atoms with Gasteiger partial charge < -0.3 is 9.47 Å². The molecule has 7 nitrogen and oxygen atoms in total. The van der Waals surface area contributed by atoms with Gasteiger partial charge in [-0.25, -0.2) is 15.0 Å². The summed E-state index contributed by atoms with van der Waals surface area (Å²) in [6.45, 7) is 0. The van der Waals surface area contributed by atoms with Gasteiger partial charge in [-0.05, 0) is 53.6 Å². The van der Waals surface area contributed by atoms with E-state index in [0.29, 0.717) is 11.6 Å². The van der Waals surface area contributed by atoms with Crippen LogP contribution in [0.4, 0.5) is 0 Å². The molecule has 1 atom stereocenters. The number of benzene rings is 2. The van der Waals surface area contributed by atoms with E-state index in [-0.39, 0.29) is 17.7 Å². The van der Waals surface area contributed by atoms with Crippen LogP contribution < -0.4 is 9.47 Å². The van der Waals surface area contributed by atoms with Crippen molar-refractivity contribution in [2.75, 3.05) is 20.0 Å². The van der Waals surface area contributed by atoms with Crippen LogP contribution in [0.3, 0.4) is 0 Å². The van der Waals surface area contributed by atoms with Gasteiger partial charge in [0.25, 0.3) is 5.91 Å². The van der Waals surface area contributed by atoms with Crippen molar-refractivity contribution >= 4 is 23.4 Å². The summed E-state index contributed by atoms with van der Waals surface area (Å²) in [6, 6.07) is 17.0. The molecule has 31 heavy (non-hydrogen) atoms. The molecule has 2 heterocycles. The summed E-state index contributed by atoms with van der Waals surface area (Å²) in [5.74, 6) is 1.66. The highest BCUT2D eigenvalue weighted by atomic mass is 32.2. The molecular formula is C23H22N4O3S. The lowest BCUT2D eigenvalue weighted by Gasteiger charge is -2.22. The van der Waals surface area contributed by atoms with Crippen LogP contribution in [0.2, 0.25) is 0 Å². The first-order valence-electron chi connectivity index (χ1n) is 9.75.